The number of carbonyl (C=O) groups is 1. The Hall–Kier alpha value is -2.36. The molecule has 17 heavy (non-hydrogen) atoms. The molecule has 0 spiro atoms. The lowest BCUT2D eigenvalue weighted by Gasteiger charge is -1.99. The zero-order chi connectivity index (χ0) is 11.8. The first-order valence-corrected chi connectivity index (χ1v) is 5.38. The second kappa shape index (κ2) is 3.59. The van der Waals surface area contributed by atoms with Crippen LogP contribution >= 0.6 is 0 Å². The van der Waals surface area contributed by atoms with Crippen molar-refractivity contribution in [3.63, 3.8) is 0 Å². The van der Waals surface area contributed by atoms with Gasteiger partial charge in [0.1, 0.15) is 5.65 Å². The fourth-order valence-corrected chi connectivity index (χ4v) is 2.01. The maximum Gasteiger partial charge on any atom is 0.251 e. The Labute approximate surface area is 97.7 Å². The molecule has 2 heterocycles. The van der Waals surface area contributed by atoms with Gasteiger partial charge in [-0.15, -0.1) is 0 Å². The highest BCUT2D eigenvalue weighted by molar-refractivity contribution is 6.08. The highest BCUT2D eigenvalue weighted by Crippen LogP contribution is 2.24. The van der Waals surface area contributed by atoms with Crippen molar-refractivity contribution in [2.24, 2.45) is 0 Å². The molecule has 4 nitrogen and oxygen atoms in total. The molecule has 0 aliphatic rings. The van der Waals surface area contributed by atoms with Gasteiger partial charge < -0.3 is 10.3 Å². The molecular weight excluding hydrogens is 214 g/mol. The SMILES string of the molecule is CNC(=O)c1ccc2[nH]c3ncccc3c2c1. The summed E-state index contributed by atoms with van der Waals surface area (Å²) < 4.78 is 0. The topological polar surface area (TPSA) is 57.8 Å². The van der Waals surface area contributed by atoms with Gasteiger partial charge in [-0.1, -0.05) is 0 Å². The predicted octanol–water partition coefficient (Wildman–Crippen LogP) is 2.08. The third kappa shape index (κ3) is 1.45. The van der Waals surface area contributed by atoms with E-state index in [1.165, 1.54) is 0 Å². The van der Waals surface area contributed by atoms with E-state index in [0.29, 0.717) is 5.56 Å². The van der Waals surface area contributed by atoms with Gasteiger partial charge in [0, 0.05) is 35.1 Å². The lowest BCUT2D eigenvalue weighted by molar-refractivity contribution is 0.0963. The van der Waals surface area contributed by atoms with Crippen LogP contribution in [0.2, 0.25) is 0 Å². The van der Waals surface area contributed by atoms with E-state index in [-0.39, 0.29) is 5.91 Å². The number of fused-ring (bicyclic) bond motifs is 3. The molecular formula is C13H11N3O. The maximum absolute atomic E-state index is 11.6. The Morgan fingerprint density at radius 1 is 1.29 bits per heavy atom. The van der Waals surface area contributed by atoms with E-state index in [1.54, 1.807) is 19.3 Å². The van der Waals surface area contributed by atoms with E-state index in [0.717, 1.165) is 21.9 Å². The van der Waals surface area contributed by atoms with Crippen LogP contribution in [0, 0.1) is 0 Å². The first-order chi connectivity index (χ1) is 8.29. The molecule has 0 radical (unpaired) electrons. The second-order valence-corrected chi connectivity index (χ2v) is 3.86. The number of aromatic nitrogens is 2. The van der Waals surface area contributed by atoms with Gasteiger partial charge in [0.15, 0.2) is 0 Å². The first-order valence-electron chi connectivity index (χ1n) is 5.38. The number of nitrogens with zero attached hydrogens (tertiary/aromatic N) is 1. The van der Waals surface area contributed by atoms with Gasteiger partial charge in [-0.25, -0.2) is 4.98 Å². The number of H-pyrrole nitrogens is 1. The number of hydrogen-bond donors (Lipinski definition) is 2. The summed E-state index contributed by atoms with van der Waals surface area (Å²) in [5.41, 5.74) is 2.49. The molecule has 0 aliphatic heterocycles. The number of amides is 1. The van der Waals surface area contributed by atoms with Gasteiger partial charge in [-0.3, -0.25) is 4.79 Å². The van der Waals surface area contributed by atoms with Crippen LogP contribution in [0.1, 0.15) is 10.4 Å². The minimum absolute atomic E-state index is 0.0786. The molecule has 0 aliphatic carbocycles. The Morgan fingerprint density at radius 3 is 3.00 bits per heavy atom. The van der Waals surface area contributed by atoms with Crippen molar-refractivity contribution in [1.29, 1.82) is 0 Å². The van der Waals surface area contributed by atoms with Gasteiger partial charge >= 0.3 is 0 Å². The summed E-state index contributed by atoms with van der Waals surface area (Å²) in [6.07, 6.45) is 1.75. The summed E-state index contributed by atoms with van der Waals surface area (Å²) in [4.78, 5) is 19.1. The quantitative estimate of drug-likeness (QED) is 0.666. The van der Waals surface area contributed by atoms with Crippen molar-refractivity contribution >= 4 is 27.8 Å². The summed E-state index contributed by atoms with van der Waals surface area (Å²) in [6.45, 7) is 0. The number of carbonyl (C=O) groups excluding carboxylic acids is 1. The average molecular weight is 225 g/mol. The molecule has 2 N–H and O–H groups in total. The molecule has 1 amide bonds. The van der Waals surface area contributed by atoms with E-state index in [2.05, 4.69) is 15.3 Å². The summed E-state index contributed by atoms with van der Waals surface area (Å²) >= 11 is 0. The molecule has 2 aromatic heterocycles. The van der Waals surface area contributed by atoms with Crippen LogP contribution in [0.4, 0.5) is 0 Å². The average Bonchev–Trinajstić information content (AvgIpc) is 2.75. The highest BCUT2D eigenvalue weighted by atomic mass is 16.1. The molecule has 1 aromatic carbocycles. The predicted molar refractivity (Wildman–Crippen MR) is 67.0 cm³/mol. The number of pyridine rings is 1. The van der Waals surface area contributed by atoms with Crippen molar-refractivity contribution < 1.29 is 4.79 Å². The molecule has 84 valence electrons. The lowest BCUT2D eigenvalue weighted by atomic mass is 10.1. The van der Waals surface area contributed by atoms with Crippen LogP contribution in [0.5, 0.6) is 0 Å². The molecule has 3 rings (SSSR count). The van der Waals surface area contributed by atoms with Gasteiger partial charge in [-0.05, 0) is 30.3 Å². The maximum atomic E-state index is 11.6. The van der Waals surface area contributed by atoms with Crippen LogP contribution in [0.25, 0.3) is 21.9 Å². The summed E-state index contributed by atoms with van der Waals surface area (Å²) in [5.74, 6) is -0.0786. The molecule has 3 aromatic rings. The first kappa shape index (κ1) is 9.84. The van der Waals surface area contributed by atoms with E-state index >= 15 is 0 Å². The van der Waals surface area contributed by atoms with Gasteiger partial charge in [0.25, 0.3) is 5.91 Å². The largest absolute Gasteiger partial charge is 0.355 e. The molecule has 4 heteroatoms. The van der Waals surface area contributed by atoms with Gasteiger partial charge in [-0.2, -0.15) is 0 Å². The molecule has 0 bridgehead atoms. The summed E-state index contributed by atoms with van der Waals surface area (Å²) in [5, 5.41) is 4.68. The van der Waals surface area contributed by atoms with E-state index < -0.39 is 0 Å². The minimum atomic E-state index is -0.0786. The molecule has 0 saturated heterocycles. The van der Waals surface area contributed by atoms with E-state index in [9.17, 15) is 4.79 Å². The normalized spacial score (nSPS) is 10.9. The Kier molecular flexibility index (Phi) is 2.08. The Balaban J connectivity index is 2.33. The molecule has 0 atom stereocenters. The Bertz CT molecular complexity index is 715. The van der Waals surface area contributed by atoms with Crippen molar-refractivity contribution in [1.82, 2.24) is 15.3 Å². The van der Waals surface area contributed by atoms with Crippen LogP contribution in [-0.2, 0) is 0 Å². The van der Waals surface area contributed by atoms with Gasteiger partial charge in [0.2, 0.25) is 0 Å². The summed E-state index contributed by atoms with van der Waals surface area (Å²) in [6, 6.07) is 9.48. The monoisotopic (exact) mass is 225 g/mol. The minimum Gasteiger partial charge on any atom is -0.355 e. The smallest absolute Gasteiger partial charge is 0.251 e. The number of nitrogens with one attached hydrogen (secondary N) is 2. The summed E-state index contributed by atoms with van der Waals surface area (Å²) in [7, 11) is 1.63. The van der Waals surface area contributed by atoms with Crippen molar-refractivity contribution in [3.05, 3.63) is 42.1 Å². The van der Waals surface area contributed by atoms with Crippen LogP contribution < -0.4 is 5.32 Å². The Morgan fingerprint density at radius 2 is 2.18 bits per heavy atom. The van der Waals surface area contributed by atoms with Crippen LogP contribution in [0.15, 0.2) is 36.5 Å². The number of hydrogen-bond acceptors (Lipinski definition) is 2. The molecule has 0 saturated carbocycles. The van der Waals surface area contributed by atoms with Crippen LogP contribution in [-0.4, -0.2) is 22.9 Å². The third-order valence-electron chi connectivity index (χ3n) is 2.86. The second-order valence-electron chi connectivity index (χ2n) is 3.86. The van der Waals surface area contributed by atoms with Crippen molar-refractivity contribution in [3.8, 4) is 0 Å². The van der Waals surface area contributed by atoms with Gasteiger partial charge in [0.05, 0.1) is 0 Å². The lowest BCUT2D eigenvalue weighted by Crippen LogP contribution is -2.17. The number of aromatic amines is 1. The zero-order valence-corrected chi connectivity index (χ0v) is 9.32. The van der Waals surface area contributed by atoms with Crippen molar-refractivity contribution in [2.75, 3.05) is 7.05 Å². The number of benzene rings is 1. The zero-order valence-electron chi connectivity index (χ0n) is 9.32. The number of rotatable bonds is 1. The third-order valence-corrected chi connectivity index (χ3v) is 2.86. The highest BCUT2D eigenvalue weighted by Gasteiger charge is 2.08. The fraction of sp³-hybridized carbons (Fsp3) is 0.0769. The fourth-order valence-electron chi connectivity index (χ4n) is 2.01. The standard InChI is InChI=1S/C13H11N3O/c1-14-13(17)8-4-5-11-10(7-8)9-3-2-6-15-12(9)16-11/h2-7H,1H3,(H,14,17)(H,15,16). The molecule has 0 fully saturated rings. The van der Waals surface area contributed by atoms with E-state index in [4.69, 9.17) is 0 Å². The molecule has 0 unspecified atom stereocenters. The van der Waals surface area contributed by atoms with Crippen LogP contribution in [0.3, 0.4) is 0 Å². The van der Waals surface area contributed by atoms with Crippen molar-refractivity contribution in [2.45, 2.75) is 0 Å². The van der Waals surface area contributed by atoms with E-state index in [1.807, 2.05) is 24.3 Å².